The number of likely N-dealkylation sites (N-methyl/N-ethyl adjacent to an activating group) is 1. The third kappa shape index (κ3) is 6.60. The monoisotopic (exact) mass is 496 g/mol. The van der Waals surface area contributed by atoms with Gasteiger partial charge in [-0.15, -0.1) is 0 Å². The maximum absolute atomic E-state index is 13.4. The number of carbonyl (C=O) groups excluding carboxylic acids is 3. The van der Waals surface area contributed by atoms with Crippen molar-refractivity contribution in [2.24, 2.45) is 5.92 Å². The lowest BCUT2D eigenvalue weighted by atomic mass is 10.0. The second kappa shape index (κ2) is 12.5. The van der Waals surface area contributed by atoms with Crippen molar-refractivity contribution >= 4 is 23.4 Å². The van der Waals surface area contributed by atoms with Crippen LogP contribution in [0, 0.1) is 5.92 Å². The normalized spacial score (nSPS) is 21.0. The fourth-order valence-corrected chi connectivity index (χ4v) is 4.22. The number of anilines is 1. The molecule has 1 aliphatic heterocycles. The van der Waals surface area contributed by atoms with Gasteiger partial charge in [0.2, 0.25) is 5.91 Å². The van der Waals surface area contributed by atoms with Gasteiger partial charge in [0.05, 0.1) is 17.7 Å². The van der Waals surface area contributed by atoms with Gasteiger partial charge in [-0.1, -0.05) is 19.9 Å². The van der Waals surface area contributed by atoms with E-state index >= 15 is 0 Å². The summed E-state index contributed by atoms with van der Waals surface area (Å²) in [5, 5.41) is 2.85. The number of amides is 3. The molecule has 1 aliphatic rings. The van der Waals surface area contributed by atoms with Crippen LogP contribution >= 0.6 is 0 Å². The van der Waals surface area contributed by atoms with Crippen molar-refractivity contribution in [3.8, 4) is 5.75 Å². The van der Waals surface area contributed by atoms with Crippen LogP contribution in [0.2, 0.25) is 0 Å². The summed E-state index contributed by atoms with van der Waals surface area (Å²) in [7, 11) is 3.33. The quantitative estimate of drug-likeness (QED) is 0.680. The third-order valence-corrected chi connectivity index (χ3v) is 6.35. The van der Waals surface area contributed by atoms with E-state index in [4.69, 9.17) is 9.47 Å². The first kappa shape index (κ1) is 27.1. The van der Waals surface area contributed by atoms with Crippen LogP contribution in [0.25, 0.3) is 0 Å². The number of ether oxygens (including phenoxy) is 2. The molecule has 3 amide bonds. The maximum atomic E-state index is 13.4. The number of benzene rings is 1. The van der Waals surface area contributed by atoms with E-state index in [1.807, 2.05) is 20.8 Å². The summed E-state index contributed by atoms with van der Waals surface area (Å²) in [5.41, 5.74) is 1.28. The highest BCUT2D eigenvalue weighted by atomic mass is 16.5. The van der Waals surface area contributed by atoms with Crippen molar-refractivity contribution in [2.75, 3.05) is 39.2 Å². The van der Waals surface area contributed by atoms with Gasteiger partial charge in [0.1, 0.15) is 18.1 Å². The molecule has 0 unspecified atom stereocenters. The number of pyridine rings is 1. The Morgan fingerprint density at radius 3 is 2.64 bits per heavy atom. The average Bonchev–Trinajstić information content (AvgIpc) is 2.88. The Morgan fingerprint density at radius 2 is 1.97 bits per heavy atom. The van der Waals surface area contributed by atoms with Crippen molar-refractivity contribution in [3.63, 3.8) is 0 Å². The minimum Gasteiger partial charge on any atom is -0.491 e. The Hall–Kier alpha value is -3.46. The lowest BCUT2D eigenvalue weighted by Gasteiger charge is -2.36. The van der Waals surface area contributed by atoms with Crippen LogP contribution in [0.3, 0.4) is 0 Å². The molecule has 1 aromatic heterocycles. The molecule has 9 nitrogen and oxygen atoms in total. The van der Waals surface area contributed by atoms with Gasteiger partial charge in [-0.3, -0.25) is 19.4 Å². The van der Waals surface area contributed by atoms with Gasteiger partial charge in [0.15, 0.2) is 0 Å². The van der Waals surface area contributed by atoms with Gasteiger partial charge in [-0.2, -0.15) is 0 Å². The number of rotatable bonds is 5. The van der Waals surface area contributed by atoms with E-state index in [9.17, 15) is 14.4 Å². The van der Waals surface area contributed by atoms with E-state index in [2.05, 4.69) is 10.3 Å². The number of nitrogens with zero attached hydrogens (tertiary/aromatic N) is 3. The zero-order valence-electron chi connectivity index (χ0n) is 21.7. The lowest BCUT2D eigenvalue weighted by Crippen LogP contribution is -2.48. The highest BCUT2D eigenvalue weighted by Gasteiger charge is 2.31. The largest absolute Gasteiger partial charge is 0.491 e. The lowest BCUT2D eigenvalue weighted by molar-refractivity contribution is -0.116. The molecule has 0 fully saturated rings. The first-order valence-corrected chi connectivity index (χ1v) is 12.3. The van der Waals surface area contributed by atoms with Crippen molar-refractivity contribution in [2.45, 2.75) is 45.8 Å². The summed E-state index contributed by atoms with van der Waals surface area (Å²) in [6.45, 7) is 6.74. The summed E-state index contributed by atoms with van der Waals surface area (Å²) in [6.07, 6.45) is 2.43. The van der Waals surface area contributed by atoms with Crippen molar-refractivity contribution in [1.29, 1.82) is 0 Å². The number of methoxy groups -OCH3 is 1. The second-order valence-corrected chi connectivity index (χ2v) is 9.28. The molecule has 0 saturated carbocycles. The zero-order valence-corrected chi connectivity index (χ0v) is 21.7. The minimum absolute atomic E-state index is 0.0598. The molecule has 36 heavy (non-hydrogen) atoms. The first-order chi connectivity index (χ1) is 17.2. The molecule has 3 atom stereocenters. The molecule has 0 aliphatic carbocycles. The predicted octanol–water partition coefficient (Wildman–Crippen LogP) is 3.47. The molecule has 0 spiro atoms. The molecular formula is C27H36N4O5. The second-order valence-electron chi connectivity index (χ2n) is 9.28. The maximum Gasteiger partial charge on any atom is 0.272 e. The van der Waals surface area contributed by atoms with E-state index in [0.29, 0.717) is 42.2 Å². The molecule has 2 heterocycles. The van der Waals surface area contributed by atoms with E-state index in [-0.39, 0.29) is 42.4 Å². The first-order valence-electron chi connectivity index (χ1n) is 12.3. The molecule has 3 rings (SSSR count). The van der Waals surface area contributed by atoms with E-state index in [1.54, 1.807) is 66.6 Å². The van der Waals surface area contributed by atoms with Crippen LogP contribution in [-0.4, -0.2) is 78.5 Å². The molecular weight excluding hydrogens is 460 g/mol. The Kier molecular flexibility index (Phi) is 9.41. The fourth-order valence-electron chi connectivity index (χ4n) is 4.22. The van der Waals surface area contributed by atoms with E-state index in [1.165, 1.54) is 0 Å². The van der Waals surface area contributed by atoms with Crippen molar-refractivity contribution < 1.29 is 23.9 Å². The van der Waals surface area contributed by atoms with Crippen molar-refractivity contribution in [3.05, 3.63) is 53.9 Å². The van der Waals surface area contributed by atoms with Gasteiger partial charge in [0.25, 0.3) is 11.8 Å². The topological polar surface area (TPSA) is 101 Å². The van der Waals surface area contributed by atoms with Gasteiger partial charge >= 0.3 is 0 Å². The fraction of sp³-hybridized carbons (Fsp3) is 0.481. The SMILES string of the molecule is CCCC(=O)Nc1ccc2c(c1)OC[C@H](C)N(C(=O)c1ccccn1)C[C@H](C)[C@@H](OC)CN(C)C2=O. The number of hydrogen-bond acceptors (Lipinski definition) is 6. The minimum atomic E-state index is -0.321. The summed E-state index contributed by atoms with van der Waals surface area (Å²) >= 11 is 0. The number of hydrogen-bond donors (Lipinski definition) is 1. The van der Waals surface area contributed by atoms with Gasteiger partial charge in [0, 0.05) is 57.5 Å². The molecule has 194 valence electrons. The van der Waals surface area contributed by atoms with Crippen molar-refractivity contribution in [1.82, 2.24) is 14.8 Å². The number of carbonyl (C=O) groups is 3. The van der Waals surface area contributed by atoms with Crippen LogP contribution in [0.15, 0.2) is 42.6 Å². The van der Waals surface area contributed by atoms with Gasteiger partial charge in [-0.05, 0) is 37.6 Å². The molecule has 0 bridgehead atoms. The highest BCUT2D eigenvalue weighted by molar-refractivity contribution is 5.98. The summed E-state index contributed by atoms with van der Waals surface area (Å²) < 4.78 is 11.9. The Balaban J connectivity index is 1.97. The average molecular weight is 497 g/mol. The standard InChI is InChI=1S/C27H36N4O5/c1-6-9-25(32)29-20-11-12-21-23(14-20)36-17-19(3)31(27(34)22-10-7-8-13-28-22)15-18(2)24(35-5)16-30(4)26(21)33/h7-8,10-14,18-19,24H,6,9,15-17H2,1-5H3,(H,29,32)/t18-,19-,24-/m0/s1. The molecule has 1 N–H and O–H groups in total. The van der Waals surface area contributed by atoms with Gasteiger partial charge in [-0.25, -0.2) is 0 Å². The summed E-state index contributed by atoms with van der Waals surface area (Å²) in [4.78, 5) is 46.4. The van der Waals surface area contributed by atoms with Gasteiger partial charge < -0.3 is 24.6 Å². The van der Waals surface area contributed by atoms with Crippen LogP contribution in [0.4, 0.5) is 5.69 Å². The summed E-state index contributed by atoms with van der Waals surface area (Å²) in [5.74, 6) is -0.223. The number of nitrogens with one attached hydrogen (secondary N) is 1. The zero-order chi connectivity index (χ0) is 26.2. The number of fused-ring (bicyclic) bond motifs is 1. The van der Waals surface area contributed by atoms with Crippen LogP contribution in [-0.2, 0) is 9.53 Å². The van der Waals surface area contributed by atoms with Crippen LogP contribution < -0.4 is 10.1 Å². The summed E-state index contributed by atoms with van der Waals surface area (Å²) in [6, 6.07) is 9.94. The highest BCUT2D eigenvalue weighted by Crippen LogP contribution is 2.27. The Bertz CT molecular complexity index is 1060. The smallest absolute Gasteiger partial charge is 0.272 e. The Labute approximate surface area is 212 Å². The molecule has 2 aromatic rings. The molecule has 9 heteroatoms. The third-order valence-electron chi connectivity index (χ3n) is 6.35. The van der Waals surface area contributed by atoms with E-state index in [0.717, 1.165) is 6.42 Å². The Morgan fingerprint density at radius 1 is 1.19 bits per heavy atom. The van der Waals surface area contributed by atoms with E-state index < -0.39 is 0 Å². The van der Waals surface area contributed by atoms with Crippen LogP contribution in [0.1, 0.15) is 54.5 Å². The predicted molar refractivity (Wildman–Crippen MR) is 137 cm³/mol. The molecule has 1 aromatic carbocycles. The number of aromatic nitrogens is 1. The van der Waals surface area contributed by atoms with Crippen LogP contribution in [0.5, 0.6) is 5.75 Å². The molecule has 0 saturated heterocycles. The molecule has 0 radical (unpaired) electrons.